The van der Waals surface area contributed by atoms with Crippen LogP contribution in [0.25, 0.3) is 33.6 Å². The second-order valence-corrected chi connectivity index (χ2v) is 16.5. The fourth-order valence-electron chi connectivity index (χ4n) is 7.87. The highest BCUT2D eigenvalue weighted by atomic mass is 32.2. The summed E-state index contributed by atoms with van der Waals surface area (Å²) in [5, 5.41) is 0.627. The van der Waals surface area contributed by atoms with Gasteiger partial charge in [-0.2, -0.15) is 0 Å². The lowest BCUT2D eigenvalue weighted by atomic mass is 9.94. The number of nitrogens with two attached hydrogens (primary N) is 1. The predicted octanol–water partition coefficient (Wildman–Crippen LogP) is 5.03. The molecule has 0 spiro atoms. The minimum absolute atomic E-state index is 0.0409. The van der Waals surface area contributed by atoms with E-state index in [0.717, 1.165) is 68.2 Å². The van der Waals surface area contributed by atoms with E-state index in [9.17, 15) is 13.2 Å². The summed E-state index contributed by atoms with van der Waals surface area (Å²) in [6.07, 6.45) is 8.47. The number of likely N-dealkylation sites (tertiary alicyclic amines) is 1. The van der Waals surface area contributed by atoms with Gasteiger partial charge in [0.15, 0.2) is 5.82 Å². The zero-order valence-corrected chi connectivity index (χ0v) is 26.8. The molecule has 4 atom stereocenters. The van der Waals surface area contributed by atoms with Crippen LogP contribution in [0.1, 0.15) is 92.8 Å². The van der Waals surface area contributed by atoms with Gasteiger partial charge >= 0.3 is 0 Å². The first-order valence-electron chi connectivity index (χ1n) is 16.9. The van der Waals surface area contributed by atoms with Crippen molar-refractivity contribution in [1.82, 2.24) is 28.7 Å². The molecule has 1 saturated heterocycles. The smallest absolute Gasteiger partial charge is 0.254 e. The topological polar surface area (TPSA) is 128 Å². The fourth-order valence-corrected chi connectivity index (χ4v) is 9.43. The summed E-state index contributed by atoms with van der Waals surface area (Å²) >= 11 is 0. The van der Waals surface area contributed by atoms with Gasteiger partial charge in [-0.15, -0.1) is 0 Å². The van der Waals surface area contributed by atoms with Crippen LogP contribution < -0.4 is 10.5 Å². The van der Waals surface area contributed by atoms with Gasteiger partial charge in [-0.25, -0.2) is 27.5 Å². The predicted molar refractivity (Wildman–Crippen MR) is 173 cm³/mol. The molecule has 2 bridgehead atoms. The van der Waals surface area contributed by atoms with Crippen molar-refractivity contribution < 1.29 is 17.6 Å². The molecule has 1 aliphatic heterocycles. The van der Waals surface area contributed by atoms with E-state index in [1.54, 1.807) is 6.07 Å². The van der Waals surface area contributed by atoms with E-state index >= 15 is 4.39 Å². The molecule has 5 fully saturated rings. The van der Waals surface area contributed by atoms with Crippen molar-refractivity contribution in [2.45, 2.75) is 101 Å². The number of nitrogens with zero attached hydrogens (tertiary/aromatic N) is 5. The van der Waals surface area contributed by atoms with Crippen LogP contribution in [0.4, 0.5) is 4.39 Å². The average molecular weight is 646 g/mol. The first kappa shape index (κ1) is 28.8. The van der Waals surface area contributed by atoms with Gasteiger partial charge in [-0.1, -0.05) is 0 Å². The van der Waals surface area contributed by atoms with Crippen LogP contribution >= 0.6 is 0 Å². The van der Waals surface area contributed by atoms with Gasteiger partial charge in [-0.3, -0.25) is 4.79 Å². The van der Waals surface area contributed by atoms with Crippen molar-refractivity contribution in [1.29, 1.82) is 0 Å². The first-order valence-corrected chi connectivity index (χ1v) is 18.5. The van der Waals surface area contributed by atoms with Gasteiger partial charge in [0.25, 0.3) is 5.91 Å². The molecule has 3 N–H and O–H groups in total. The Morgan fingerprint density at radius 1 is 1.04 bits per heavy atom. The zero-order chi connectivity index (χ0) is 31.5. The number of carbonyl (C=O) groups is 1. The van der Waals surface area contributed by atoms with Crippen molar-refractivity contribution in [2.24, 2.45) is 17.6 Å². The molecule has 9 rings (SSSR count). The molecular formula is C34H40FN7O3S. The van der Waals surface area contributed by atoms with E-state index in [4.69, 9.17) is 15.7 Å². The summed E-state index contributed by atoms with van der Waals surface area (Å²) in [6, 6.07) is 8.89. The molecule has 46 heavy (non-hydrogen) atoms. The van der Waals surface area contributed by atoms with E-state index in [-0.39, 0.29) is 29.3 Å². The van der Waals surface area contributed by atoms with Crippen LogP contribution in [0, 0.1) is 17.7 Å². The number of pyridine rings is 1. The number of imidazole rings is 1. The second-order valence-electron chi connectivity index (χ2n) is 14.5. The average Bonchev–Trinajstić information content (AvgIpc) is 3.94. The molecule has 4 aromatic rings. The largest absolute Gasteiger partial charge is 0.334 e. The van der Waals surface area contributed by atoms with E-state index in [0.29, 0.717) is 59.3 Å². The molecule has 5 aliphatic rings. The molecule has 242 valence electrons. The van der Waals surface area contributed by atoms with Gasteiger partial charge in [0.2, 0.25) is 10.0 Å². The number of hydrogen-bond donors (Lipinski definition) is 2. The van der Waals surface area contributed by atoms with Crippen LogP contribution in [-0.4, -0.2) is 62.2 Å². The molecule has 0 radical (unpaired) electrons. The standard InChI is InChI=1S/C34H40FN7O3S/c1-18(39-46(44,45)25-9-10-25)28-11-5-21-15-30(41(32(21)37-28)16-19-2-3-19)33-38-29-14-22(13-26(35)31(29)42(33)23-7-8-23)34(43)40-17-27(36)20-4-6-24(40)12-20/h5,11,13-15,18-20,23-25,27,39H,2-4,6-10,12,16-17,36H2,1H3/t18-,20-,24+,27+/m1/s1. The second kappa shape index (κ2) is 10.3. The third-order valence-corrected chi connectivity index (χ3v) is 13.0. The molecule has 1 aromatic carbocycles. The van der Waals surface area contributed by atoms with Gasteiger partial charge in [-0.05, 0) is 107 Å². The Morgan fingerprint density at radius 3 is 2.57 bits per heavy atom. The highest BCUT2D eigenvalue weighted by Crippen LogP contribution is 2.44. The SMILES string of the molecule is C[C@@H](NS(=O)(=O)C1CC1)c1ccc2cc(-c3nc4cc(C(=O)N5C[C@H](N)[C@@H]6CC[C@H]5C6)cc(F)c4n3C3CC3)n(CC3CC3)c2n1. The van der Waals surface area contributed by atoms with Crippen molar-refractivity contribution in [3.63, 3.8) is 0 Å². The van der Waals surface area contributed by atoms with Crippen molar-refractivity contribution in [3.8, 4) is 11.5 Å². The summed E-state index contributed by atoms with van der Waals surface area (Å²) < 4.78 is 48.5. The Morgan fingerprint density at radius 2 is 1.83 bits per heavy atom. The molecule has 4 aliphatic carbocycles. The molecule has 0 unspecified atom stereocenters. The Kier molecular flexibility index (Phi) is 6.47. The van der Waals surface area contributed by atoms with Crippen LogP contribution in [0.15, 0.2) is 30.3 Å². The molecule has 12 heteroatoms. The van der Waals surface area contributed by atoms with Gasteiger partial charge in [0.1, 0.15) is 17.0 Å². The summed E-state index contributed by atoms with van der Waals surface area (Å²) in [7, 11) is -3.37. The maximum atomic E-state index is 16.1. The molecule has 10 nitrogen and oxygen atoms in total. The zero-order valence-electron chi connectivity index (χ0n) is 26.0. The third kappa shape index (κ3) is 4.86. The number of halogens is 1. The van der Waals surface area contributed by atoms with Crippen molar-refractivity contribution in [2.75, 3.05) is 6.54 Å². The lowest BCUT2D eigenvalue weighted by molar-refractivity contribution is 0.0603. The number of aromatic nitrogens is 4. The Bertz CT molecular complexity index is 2010. The summed E-state index contributed by atoms with van der Waals surface area (Å²) in [5.74, 6) is 1.07. The summed E-state index contributed by atoms with van der Waals surface area (Å²) in [5.41, 5.74) is 9.95. The van der Waals surface area contributed by atoms with Crippen LogP contribution in [0.2, 0.25) is 0 Å². The normalized spacial score (nSPS) is 25.5. The summed E-state index contributed by atoms with van der Waals surface area (Å²) in [4.78, 5) is 25.7. The molecule has 4 saturated carbocycles. The van der Waals surface area contributed by atoms with Gasteiger partial charge in [0.05, 0.1) is 28.2 Å². The number of nitrogens with one attached hydrogen (secondary N) is 1. The number of carbonyl (C=O) groups excluding carboxylic acids is 1. The lowest BCUT2D eigenvalue weighted by Gasteiger charge is -2.37. The Balaban J connectivity index is 1.13. The molecular weight excluding hydrogens is 605 g/mol. The summed E-state index contributed by atoms with van der Waals surface area (Å²) in [6.45, 7) is 3.10. The molecule has 4 heterocycles. The van der Waals surface area contributed by atoms with E-state index in [1.807, 2.05) is 28.5 Å². The van der Waals surface area contributed by atoms with E-state index < -0.39 is 21.9 Å². The number of benzene rings is 1. The highest BCUT2D eigenvalue weighted by molar-refractivity contribution is 7.90. The minimum Gasteiger partial charge on any atom is -0.334 e. The van der Waals surface area contributed by atoms with Crippen molar-refractivity contribution >= 4 is 38.0 Å². The minimum atomic E-state index is -3.37. The fraction of sp³-hybridized carbons (Fsp3) is 0.559. The van der Waals surface area contributed by atoms with Crippen LogP contribution in [-0.2, 0) is 16.6 Å². The number of hydrogen-bond acceptors (Lipinski definition) is 6. The number of piperidine rings is 1. The molecule has 1 amide bonds. The van der Waals surface area contributed by atoms with Gasteiger partial charge < -0.3 is 19.8 Å². The van der Waals surface area contributed by atoms with Gasteiger partial charge in [0, 0.05) is 42.2 Å². The Hall–Kier alpha value is -3.35. The van der Waals surface area contributed by atoms with Crippen LogP contribution in [0.3, 0.4) is 0 Å². The van der Waals surface area contributed by atoms with Crippen LogP contribution in [0.5, 0.6) is 0 Å². The number of amides is 1. The lowest BCUT2D eigenvalue weighted by Crippen LogP contribution is -2.51. The number of sulfonamides is 1. The highest BCUT2D eigenvalue weighted by Gasteiger charge is 2.42. The van der Waals surface area contributed by atoms with E-state index in [2.05, 4.69) is 15.4 Å². The third-order valence-electron chi connectivity index (χ3n) is 10.9. The monoisotopic (exact) mass is 645 g/mol. The van der Waals surface area contributed by atoms with Crippen molar-refractivity contribution in [3.05, 3.63) is 47.4 Å². The number of fused-ring (bicyclic) bond motifs is 4. The number of rotatable bonds is 9. The molecule has 3 aromatic heterocycles. The van der Waals surface area contributed by atoms with E-state index in [1.165, 1.54) is 6.07 Å². The quantitative estimate of drug-likeness (QED) is 0.263. The maximum absolute atomic E-state index is 16.1. The maximum Gasteiger partial charge on any atom is 0.254 e. The Labute approximate surface area is 267 Å². The first-order chi connectivity index (χ1) is 22.1.